The van der Waals surface area contributed by atoms with Crippen molar-refractivity contribution in [3.63, 3.8) is 0 Å². The lowest BCUT2D eigenvalue weighted by molar-refractivity contribution is 0.512. The van der Waals surface area contributed by atoms with E-state index in [1.807, 2.05) is 30.3 Å². The van der Waals surface area contributed by atoms with Crippen LogP contribution in [0.5, 0.6) is 0 Å². The average molecular weight is 473 g/mol. The van der Waals surface area contributed by atoms with E-state index >= 15 is 0 Å². The first kappa shape index (κ1) is 19.5. The molecule has 0 atom stereocenters. The second-order valence-corrected chi connectivity index (χ2v) is 9.19. The van der Waals surface area contributed by atoms with Crippen LogP contribution in [0.15, 0.2) is 96.2 Å². The standard InChI is InChI=1S/C21H17BrN2O4S/c1-24(14-15-6-3-2-4-7-15)21-20(23-19(28-21)18-8-5-13-27-18)29(25,26)17-11-9-16(22)10-12-17/h2-13H,14H2,1H3. The van der Waals surface area contributed by atoms with E-state index in [0.717, 1.165) is 10.0 Å². The molecule has 0 amide bonds. The van der Waals surface area contributed by atoms with Gasteiger partial charge in [0.05, 0.1) is 11.2 Å². The molecule has 0 aliphatic rings. The van der Waals surface area contributed by atoms with Crippen molar-refractivity contribution in [1.29, 1.82) is 0 Å². The molecule has 2 heterocycles. The lowest BCUT2D eigenvalue weighted by atomic mass is 10.2. The van der Waals surface area contributed by atoms with E-state index in [-0.39, 0.29) is 21.7 Å². The fourth-order valence-corrected chi connectivity index (χ4v) is 4.49. The van der Waals surface area contributed by atoms with Gasteiger partial charge in [-0.3, -0.25) is 0 Å². The predicted octanol–water partition coefficient (Wildman–Crippen LogP) is 5.17. The molecule has 2 aromatic carbocycles. The van der Waals surface area contributed by atoms with Gasteiger partial charge < -0.3 is 13.7 Å². The number of hydrogen-bond acceptors (Lipinski definition) is 6. The predicted molar refractivity (Wildman–Crippen MR) is 112 cm³/mol. The fourth-order valence-electron chi connectivity index (χ4n) is 2.87. The summed E-state index contributed by atoms with van der Waals surface area (Å²) in [6.07, 6.45) is 1.48. The Morgan fingerprint density at radius 1 is 1.00 bits per heavy atom. The summed E-state index contributed by atoms with van der Waals surface area (Å²) in [5, 5.41) is -0.148. The van der Waals surface area contributed by atoms with Gasteiger partial charge in [0.1, 0.15) is 0 Å². The maximum atomic E-state index is 13.3. The summed E-state index contributed by atoms with van der Waals surface area (Å²) in [4.78, 5) is 6.14. The van der Waals surface area contributed by atoms with Gasteiger partial charge in [-0.1, -0.05) is 46.3 Å². The highest BCUT2D eigenvalue weighted by atomic mass is 79.9. The summed E-state index contributed by atoms with van der Waals surface area (Å²) in [6, 6.07) is 19.5. The molecule has 148 valence electrons. The molecule has 0 radical (unpaired) electrons. The molecule has 0 N–H and O–H groups in total. The fraction of sp³-hybridized carbons (Fsp3) is 0.0952. The van der Waals surface area contributed by atoms with Crippen LogP contribution in [0.4, 0.5) is 5.88 Å². The third-order valence-electron chi connectivity index (χ3n) is 4.30. The van der Waals surface area contributed by atoms with Gasteiger partial charge in [-0.05, 0) is 42.0 Å². The van der Waals surface area contributed by atoms with E-state index < -0.39 is 9.84 Å². The molecule has 2 aromatic heterocycles. The highest BCUT2D eigenvalue weighted by molar-refractivity contribution is 9.10. The van der Waals surface area contributed by atoms with E-state index in [1.165, 1.54) is 18.4 Å². The van der Waals surface area contributed by atoms with Crippen LogP contribution in [0, 0.1) is 0 Å². The summed E-state index contributed by atoms with van der Waals surface area (Å²) in [5.74, 6) is 0.625. The molecule has 0 aliphatic carbocycles. The van der Waals surface area contributed by atoms with Crippen molar-refractivity contribution in [3.8, 4) is 11.7 Å². The summed E-state index contributed by atoms with van der Waals surface area (Å²) in [6.45, 7) is 0.455. The normalized spacial score (nSPS) is 11.5. The van der Waals surface area contributed by atoms with E-state index in [1.54, 1.807) is 36.2 Å². The third kappa shape index (κ3) is 3.99. The minimum atomic E-state index is -3.90. The number of sulfone groups is 1. The van der Waals surface area contributed by atoms with Gasteiger partial charge in [-0.15, -0.1) is 0 Å². The lowest BCUT2D eigenvalue weighted by Crippen LogP contribution is -2.18. The lowest BCUT2D eigenvalue weighted by Gasteiger charge is -2.17. The Morgan fingerprint density at radius 2 is 1.72 bits per heavy atom. The second kappa shape index (κ2) is 7.88. The van der Waals surface area contributed by atoms with Crippen molar-refractivity contribution in [2.45, 2.75) is 16.5 Å². The monoisotopic (exact) mass is 472 g/mol. The van der Waals surface area contributed by atoms with E-state index in [2.05, 4.69) is 20.9 Å². The first-order chi connectivity index (χ1) is 13.9. The zero-order valence-electron chi connectivity index (χ0n) is 15.4. The number of hydrogen-bond donors (Lipinski definition) is 0. The smallest absolute Gasteiger partial charge is 0.266 e. The number of benzene rings is 2. The Hall–Kier alpha value is -2.84. The molecule has 29 heavy (non-hydrogen) atoms. The van der Waals surface area contributed by atoms with Crippen LogP contribution in [-0.2, 0) is 16.4 Å². The number of nitrogens with zero attached hydrogens (tertiary/aromatic N) is 2. The number of rotatable bonds is 6. The maximum absolute atomic E-state index is 13.3. The Labute approximate surface area is 176 Å². The molecule has 0 saturated carbocycles. The van der Waals surface area contributed by atoms with Crippen molar-refractivity contribution in [1.82, 2.24) is 4.98 Å². The molecular weight excluding hydrogens is 456 g/mol. The molecule has 0 unspecified atom stereocenters. The Bertz CT molecular complexity index is 1200. The SMILES string of the molecule is CN(Cc1ccccc1)c1oc(-c2ccco2)nc1S(=O)(=O)c1ccc(Br)cc1. The summed E-state index contributed by atoms with van der Waals surface area (Å²) < 4.78 is 38.6. The van der Waals surface area contributed by atoms with E-state index in [4.69, 9.17) is 8.83 Å². The van der Waals surface area contributed by atoms with Crippen LogP contribution >= 0.6 is 15.9 Å². The van der Waals surface area contributed by atoms with Gasteiger partial charge in [0, 0.05) is 18.1 Å². The maximum Gasteiger partial charge on any atom is 0.266 e. The summed E-state index contributed by atoms with van der Waals surface area (Å²) in [7, 11) is -2.14. The first-order valence-corrected chi connectivity index (χ1v) is 11.0. The zero-order chi connectivity index (χ0) is 20.4. The molecule has 0 aliphatic heterocycles. The van der Waals surface area contributed by atoms with Crippen molar-refractivity contribution in [2.75, 3.05) is 11.9 Å². The number of anilines is 1. The van der Waals surface area contributed by atoms with Crippen LogP contribution in [0.25, 0.3) is 11.7 Å². The Balaban J connectivity index is 1.80. The molecule has 0 spiro atoms. The zero-order valence-corrected chi connectivity index (χ0v) is 17.9. The van der Waals surface area contributed by atoms with Crippen LogP contribution in [0.1, 0.15) is 5.56 Å². The molecule has 6 nitrogen and oxygen atoms in total. The number of aromatic nitrogens is 1. The summed E-state index contributed by atoms with van der Waals surface area (Å²) >= 11 is 3.32. The van der Waals surface area contributed by atoms with Crippen LogP contribution in [0.3, 0.4) is 0 Å². The summed E-state index contributed by atoms with van der Waals surface area (Å²) in [5.41, 5.74) is 1.01. The molecule has 4 aromatic rings. The Kier molecular flexibility index (Phi) is 5.29. The number of oxazole rings is 1. The minimum Gasteiger partial charge on any atom is -0.459 e. The van der Waals surface area contributed by atoms with Crippen molar-refractivity contribution >= 4 is 31.7 Å². The van der Waals surface area contributed by atoms with Gasteiger partial charge in [0.25, 0.3) is 5.89 Å². The highest BCUT2D eigenvalue weighted by Crippen LogP contribution is 2.35. The third-order valence-corrected chi connectivity index (χ3v) is 6.50. The number of furan rings is 1. The van der Waals surface area contributed by atoms with Crippen LogP contribution in [0.2, 0.25) is 0 Å². The topological polar surface area (TPSA) is 76.6 Å². The van der Waals surface area contributed by atoms with Gasteiger partial charge >= 0.3 is 0 Å². The van der Waals surface area contributed by atoms with Gasteiger partial charge in [-0.25, -0.2) is 8.42 Å². The van der Waals surface area contributed by atoms with Gasteiger partial charge in [0.15, 0.2) is 5.76 Å². The largest absolute Gasteiger partial charge is 0.459 e. The van der Waals surface area contributed by atoms with Crippen molar-refractivity contribution < 1.29 is 17.3 Å². The molecule has 0 fully saturated rings. The Morgan fingerprint density at radius 3 is 2.38 bits per heavy atom. The molecule has 8 heteroatoms. The van der Waals surface area contributed by atoms with Gasteiger partial charge in [-0.2, -0.15) is 4.98 Å². The molecule has 0 bridgehead atoms. The quantitative estimate of drug-likeness (QED) is 0.385. The van der Waals surface area contributed by atoms with E-state index in [0.29, 0.717) is 12.3 Å². The second-order valence-electron chi connectivity index (χ2n) is 6.41. The minimum absolute atomic E-state index is 0.112. The van der Waals surface area contributed by atoms with Crippen molar-refractivity contribution in [2.24, 2.45) is 0 Å². The highest BCUT2D eigenvalue weighted by Gasteiger charge is 2.31. The number of halogens is 1. The molecule has 0 saturated heterocycles. The average Bonchev–Trinajstić information content (AvgIpc) is 3.39. The molecule has 4 rings (SSSR count). The first-order valence-electron chi connectivity index (χ1n) is 8.75. The van der Waals surface area contributed by atoms with E-state index in [9.17, 15) is 8.42 Å². The van der Waals surface area contributed by atoms with Gasteiger partial charge in [0.2, 0.25) is 20.7 Å². The van der Waals surface area contributed by atoms with Crippen LogP contribution < -0.4 is 4.90 Å². The van der Waals surface area contributed by atoms with Crippen molar-refractivity contribution in [3.05, 3.63) is 83.0 Å². The molecular formula is C21H17BrN2O4S. The van der Waals surface area contributed by atoms with Crippen LogP contribution in [-0.4, -0.2) is 20.4 Å².